The molecule has 0 spiro atoms. The first-order valence-electron chi connectivity index (χ1n) is 8.75. The minimum absolute atomic E-state index is 0.110. The standard InChI is InChI=1S/C20H18N4O6/c1-11-4-7-16(12(2)8-11)23-19(26)14(18(25)22-20(23)27)10-21-15-6-5-13(24(28)29)9-17(15)30-3/h4-10,26H,1-3H3,(H,22,25,27). The molecule has 0 aliphatic carbocycles. The molecule has 2 aromatic carbocycles. The number of methoxy groups -OCH3 is 1. The van der Waals surface area contributed by atoms with Gasteiger partial charge in [0.05, 0.1) is 23.8 Å². The van der Waals surface area contributed by atoms with Crippen molar-refractivity contribution in [3.05, 3.63) is 84.0 Å². The molecule has 0 aliphatic heterocycles. The van der Waals surface area contributed by atoms with E-state index in [1.165, 1.54) is 25.3 Å². The van der Waals surface area contributed by atoms with Crippen molar-refractivity contribution in [3.8, 4) is 17.3 Å². The molecule has 0 atom stereocenters. The highest BCUT2D eigenvalue weighted by molar-refractivity contribution is 5.85. The molecule has 0 aliphatic rings. The fourth-order valence-corrected chi connectivity index (χ4v) is 2.96. The third kappa shape index (κ3) is 3.83. The maximum absolute atomic E-state index is 12.3. The Morgan fingerprint density at radius 3 is 2.57 bits per heavy atom. The number of nitrogens with one attached hydrogen (secondary N) is 1. The van der Waals surface area contributed by atoms with E-state index in [0.29, 0.717) is 5.69 Å². The summed E-state index contributed by atoms with van der Waals surface area (Å²) in [5.74, 6) is -0.473. The van der Waals surface area contributed by atoms with E-state index >= 15 is 0 Å². The highest BCUT2D eigenvalue weighted by atomic mass is 16.6. The Morgan fingerprint density at radius 2 is 1.93 bits per heavy atom. The second-order valence-corrected chi connectivity index (χ2v) is 6.49. The molecule has 1 heterocycles. The number of aromatic amines is 1. The molecule has 3 rings (SSSR count). The van der Waals surface area contributed by atoms with E-state index in [0.717, 1.165) is 21.9 Å². The summed E-state index contributed by atoms with van der Waals surface area (Å²) in [5, 5.41) is 21.6. The van der Waals surface area contributed by atoms with Gasteiger partial charge in [-0.3, -0.25) is 24.9 Å². The van der Waals surface area contributed by atoms with Crippen LogP contribution in [0.2, 0.25) is 0 Å². The van der Waals surface area contributed by atoms with Gasteiger partial charge in [-0.1, -0.05) is 17.7 Å². The zero-order valence-electron chi connectivity index (χ0n) is 16.4. The SMILES string of the molecule is COc1cc([N+](=O)[O-])ccc1N=Cc1c(O)n(-c2ccc(C)cc2C)c(=O)[nH]c1=O. The molecule has 0 amide bonds. The number of nitro benzene ring substituents is 1. The molecule has 1 aromatic heterocycles. The van der Waals surface area contributed by atoms with Crippen LogP contribution < -0.4 is 16.0 Å². The maximum Gasteiger partial charge on any atom is 0.335 e. The van der Waals surface area contributed by atoms with E-state index in [2.05, 4.69) is 9.98 Å². The fraction of sp³-hybridized carbons (Fsp3) is 0.150. The molecule has 0 unspecified atom stereocenters. The summed E-state index contributed by atoms with van der Waals surface area (Å²) in [6, 6.07) is 9.03. The van der Waals surface area contributed by atoms with Crippen LogP contribution in [0.4, 0.5) is 11.4 Å². The number of aromatic nitrogens is 2. The number of non-ortho nitro benzene ring substituents is 1. The molecule has 0 saturated carbocycles. The van der Waals surface area contributed by atoms with Crippen molar-refractivity contribution in [3.63, 3.8) is 0 Å². The molecular weight excluding hydrogens is 392 g/mol. The number of nitrogens with zero attached hydrogens (tertiary/aromatic N) is 3. The van der Waals surface area contributed by atoms with Gasteiger partial charge in [0.2, 0.25) is 5.88 Å². The molecule has 10 nitrogen and oxygen atoms in total. The number of hydrogen-bond donors (Lipinski definition) is 2. The van der Waals surface area contributed by atoms with Crippen molar-refractivity contribution in [2.45, 2.75) is 13.8 Å². The topological polar surface area (TPSA) is 140 Å². The van der Waals surface area contributed by atoms with E-state index in [9.17, 15) is 24.8 Å². The van der Waals surface area contributed by atoms with Crippen molar-refractivity contribution in [2.24, 2.45) is 4.99 Å². The van der Waals surface area contributed by atoms with Gasteiger partial charge in [0, 0.05) is 12.3 Å². The summed E-state index contributed by atoms with van der Waals surface area (Å²) in [6.45, 7) is 3.66. The van der Waals surface area contributed by atoms with E-state index in [-0.39, 0.29) is 22.7 Å². The number of nitro groups is 1. The summed E-state index contributed by atoms with van der Waals surface area (Å²) in [6.07, 6.45) is 1.07. The molecule has 0 fully saturated rings. The third-order valence-corrected chi connectivity index (χ3v) is 4.42. The van der Waals surface area contributed by atoms with Gasteiger partial charge >= 0.3 is 5.69 Å². The van der Waals surface area contributed by atoms with Crippen LogP contribution >= 0.6 is 0 Å². The molecule has 10 heteroatoms. The number of rotatable bonds is 5. The van der Waals surface area contributed by atoms with Gasteiger partial charge in [0.25, 0.3) is 11.2 Å². The highest BCUT2D eigenvalue weighted by Gasteiger charge is 2.16. The van der Waals surface area contributed by atoms with Crippen LogP contribution in [0, 0.1) is 24.0 Å². The Bertz CT molecular complexity index is 1290. The van der Waals surface area contributed by atoms with Crippen molar-refractivity contribution < 1.29 is 14.8 Å². The second-order valence-electron chi connectivity index (χ2n) is 6.49. The number of H-pyrrole nitrogens is 1. The quantitative estimate of drug-likeness (QED) is 0.376. The largest absolute Gasteiger partial charge is 0.494 e. The van der Waals surface area contributed by atoms with Gasteiger partial charge in [-0.15, -0.1) is 0 Å². The van der Waals surface area contributed by atoms with Gasteiger partial charge in [0.1, 0.15) is 11.3 Å². The van der Waals surface area contributed by atoms with E-state index in [4.69, 9.17) is 4.74 Å². The Kier molecular flexibility index (Phi) is 5.50. The van der Waals surface area contributed by atoms with Crippen molar-refractivity contribution >= 4 is 17.6 Å². The van der Waals surface area contributed by atoms with Crippen LogP contribution in [0.15, 0.2) is 51.0 Å². The average molecular weight is 410 g/mol. The lowest BCUT2D eigenvalue weighted by atomic mass is 10.1. The van der Waals surface area contributed by atoms with Crippen molar-refractivity contribution in [2.75, 3.05) is 7.11 Å². The second kappa shape index (κ2) is 8.03. The maximum atomic E-state index is 12.3. The van der Waals surface area contributed by atoms with Crippen LogP contribution in [-0.4, -0.2) is 32.9 Å². The number of ether oxygens (including phenoxy) is 1. The average Bonchev–Trinajstić information content (AvgIpc) is 2.69. The summed E-state index contributed by atoms with van der Waals surface area (Å²) in [7, 11) is 1.32. The van der Waals surface area contributed by atoms with Gasteiger partial charge in [-0.25, -0.2) is 9.36 Å². The first-order chi connectivity index (χ1) is 14.2. The predicted octanol–water partition coefficient (Wildman–Crippen LogP) is 2.52. The minimum Gasteiger partial charge on any atom is -0.494 e. The number of aromatic hydroxyl groups is 1. The van der Waals surface area contributed by atoms with Gasteiger partial charge < -0.3 is 9.84 Å². The summed E-state index contributed by atoms with van der Waals surface area (Å²) in [4.78, 5) is 41.2. The van der Waals surface area contributed by atoms with Crippen LogP contribution in [0.5, 0.6) is 11.6 Å². The summed E-state index contributed by atoms with van der Waals surface area (Å²) >= 11 is 0. The van der Waals surface area contributed by atoms with Crippen LogP contribution in [0.3, 0.4) is 0 Å². The lowest BCUT2D eigenvalue weighted by Crippen LogP contribution is -2.31. The van der Waals surface area contributed by atoms with Crippen LogP contribution in [-0.2, 0) is 0 Å². The Labute approximate surface area is 169 Å². The first-order valence-corrected chi connectivity index (χ1v) is 8.75. The van der Waals surface area contributed by atoms with Gasteiger partial charge in [-0.2, -0.15) is 0 Å². The van der Waals surface area contributed by atoms with E-state index in [1.807, 2.05) is 13.0 Å². The van der Waals surface area contributed by atoms with E-state index in [1.54, 1.807) is 19.1 Å². The monoisotopic (exact) mass is 410 g/mol. The van der Waals surface area contributed by atoms with Crippen LogP contribution in [0.25, 0.3) is 5.69 Å². The van der Waals surface area contributed by atoms with E-state index < -0.39 is 22.1 Å². The zero-order valence-corrected chi connectivity index (χ0v) is 16.4. The lowest BCUT2D eigenvalue weighted by molar-refractivity contribution is -0.384. The third-order valence-electron chi connectivity index (χ3n) is 4.42. The smallest absolute Gasteiger partial charge is 0.335 e. The molecule has 30 heavy (non-hydrogen) atoms. The van der Waals surface area contributed by atoms with Crippen molar-refractivity contribution in [1.29, 1.82) is 0 Å². The normalized spacial score (nSPS) is 11.0. The summed E-state index contributed by atoms with van der Waals surface area (Å²) in [5.41, 5.74) is 0.232. The number of benzene rings is 2. The zero-order chi connectivity index (χ0) is 22.0. The summed E-state index contributed by atoms with van der Waals surface area (Å²) < 4.78 is 6.08. The Morgan fingerprint density at radius 1 is 1.20 bits per heavy atom. The lowest BCUT2D eigenvalue weighted by Gasteiger charge is -2.12. The van der Waals surface area contributed by atoms with Crippen molar-refractivity contribution in [1.82, 2.24) is 9.55 Å². The number of hydrogen-bond acceptors (Lipinski definition) is 7. The molecule has 2 N–H and O–H groups in total. The van der Waals surface area contributed by atoms with Crippen LogP contribution in [0.1, 0.15) is 16.7 Å². The van der Waals surface area contributed by atoms with Gasteiger partial charge in [-0.05, 0) is 31.5 Å². The minimum atomic E-state index is -0.830. The number of aliphatic imine (C=N–C) groups is 1. The molecule has 0 bridgehead atoms. The fourth-order valence-electron chi connectivity index (χ4n) is 2.96. The Balaban J connectivity index is 2.13. The number of aryl methyl sites for hydroxylation is 2. The molecule has 154 valence electrons. The van der Waals surface area contributed by atoms with Gasteiger partial charge in [0.15, 0.2) is 5.75 Å². The molecule has 3 aromatic rings. The molecule has 0 saturated heterocycles. The molecule has 0 radical (unpaired) electrons. The highest BCUT2D eigenvalue weighted by Crippen LogP contribution is 2.31. The molecular formula is C20H18N4O6. The predicted molar refractivity (Wildman–Crippen MR) is 111 cm³/mol. The first kappa shape index (κ1) is 20.5. The Hall–Kier alpha value is -4.21.